The van der Waals surface area contributed by atoms with Crippen molar-refractivity contribution in [1.82, 2.24) is 5.32 Å². The summed E-state index contributed by atoms with van der Waals surface area (Å²) < 4.78 is 17.5. The number of anilines is 1. The number of carbonyl (C=O) groups excluding carboxylic acids is 2. The molecule has 36 heavy (non-hydrogen) atoms. The Labute approximate surface area is 215 Å². The van der Waals surface area contributed by atoms with Crippen LogP contribution in [0, 0.1) is 5.92 Å². The Kier molecular flexibility index (Phi) is 7.76. The van der Waals surface area contributed by atoms with Crippen LogP contribution in [-0.4, -0.2) is 55.1 Å². The Morgan fingerprint density at radius 1 is 1.08 bits per heavy atom. The lowest BCUT2D eigenvalue weighted by molar-refractivity contribution is -0.142. The average Bonchev–Trinajstić information content (AvgIpc) is 3.26. The molecule has 0 unspecified atom stereocenters. The standard InChI is InChI=1S/C27H31ClN2O6/c28-18-3-1-16(2-4-18)14-29-25(32)13-20-12-22-21-11-19(30-27(33)17-7-9-34-10-8-17)5-6-23(21)36-26(22)24(15-31)35-20/h1-6,11,17,20,22,24,26,31H,7-10,12-15H2,(H,29,32)(H,30,33)/t20-,22+,24-,26-/m0/s1. The molecule has 3 N–H and O–H groups in total. The van der Waals surface area contributed by atoms with Gasteiger partial charge in [0.15, 0.2) is 0 Å². The normalized spacial score (nSPS) is 25.4. The zero-order chi connectivity index (χ0) is 25.1. The van der Waals surface area contributed by atoms with Gasteiger partial charge < -0.3 is 30.0 Å². The van der Waals surface area contributed by atoms with Crippen LogP contribution in [0.15, 0.2) is 42.5 Å². The van der Waals surface area contributed by atoms with Crippen LogP contribution in [0.3, 0.4) is 0 Å². The molecule has 5 rings (SSSR count). The van der Waals surface area contributed by atoms with Crippen molar-refractivity contribution in [3.8, 4) is 5.75 Å². The lowest BCUT2D eigenvalue weighted by Gasteiger charge is -2.37. The predicted octanol–water partition coefficient (Wildman–Crippen LogP) is 3.41. The first-order valence-corrected chi connectivity index (χ1v) is 12.8. The first-order valence-electron chi connectivity index (χ1n) is 12.5. The van der Waals surface area contributed by atoms with Crippen LogP contribution in [-0.2, 0) is 25.6 Å². The number of hydrogen-bond donors (Lipinski definition) is 3. The second kappa shape index (κ2) is 11.2. The number of aliphatic hydroxyl groups excluding tert-OH is 1. The Balaban J connectivity index is 1.23. The van der Waals surface area contributed by atoms with Gasteiger partial charge in [-0.05, 0) is 55.2 Å². The van der Waals surface area contributed by atoms with Gasteiger partial charge in [0, 0.05) is 47.9 Å². The summed E-state index contributed by atoms with van der Waals surface area (Å²) in [5.41, 5.74) is 2.65. The lowest BCUT2D eigenvalue weighted by atomic mass is 9.84. The third kappa shape index (κ3) is 5.67. The second-order valence-electron chi connectivity index (χ2n) is 9.64. The number of nitrogens with one attached hydrogen (secondary N) is 2. The van der Waals surface area contributed by atoms with Crippen molar-refractivity contribution in [3.63, 3.8) is 0 Å². The number of ether oxygens (including phenoxy) is 3. The zero-order valence-electron chi connectivity index (χ0n) is 20.0. The molecule has 3 heterocycles. The number of benzene rings is 2. The van der Waals surface area contributed by atoms with E-state index in [-0.39, 0.29) is 48.9 Å². The van der Waals surface area contributed by atoms with Crippen molar-refractivity contribution in [1.29, 1.82) is 0 Å². The molecule has 3 aliphatic rings. The second-order valence-corrected chi connectivity index (χ2v) is 10.1. The third-order valence-electron chi connectivity index (χ3n) is 7.17. The summed E-state index contributed by atoms with van der Waals surface area (Å²) in [6, 6.07) is 13.0. The van der Waals surface area contributed by atoms with Crippen LogP contribution in [0.2, 0.25) is 5.02 Å². The molecule has 0 bridgehead atoms. The van der Waals surface area contributed by atoms with Crippen molar-refractivity contribution in [2.24, 2.45) is 5.92 Å². The highest BCUT2D eigenvalue weighted by atomic mass is 35.5. The molecule has 0 aromatic heterocycles. The molecule has 2 aromatic rings. The molecule has 8 nitrogen and oxygen atoms in total. The topological polar surface area (TPSA) is 106 Å². The number of aliphatic hydroxyl groups is 1. The van der Waals surface area contributed by atoms with Crippen LogP contribution < -0.4 is 15.4 Å². The number of fused-ring (bicyclic) bond motifs is 3. The van der Waals surface area contributed by atoms with Gasteiger partial charge in [0.05, 0.1) is 19.1 Å². The number of rotatable bonds is 7. The van der Waals surface area contributed by atoms with Crippen molar-refractivity contribution in [2.75, 3.05) is 25.1 Å². The first-order chi connectivity index (χ1) is 17.5. The zero-order valence-corrected chi connectivity index (χ0v) is 20.7. The summed E-state index contributed by atoms with van der Waals surface area (Å²) in [4.78, 5) is 25.3. The van der Waals surface area contributed by atoms with E-state index in [0.29, 0.717) is 31.2 Å². The quantitative estimate of drug-likeness (QED) is 0.523. The maximum absolute atomic E-state index is 12.7. The van der Waals surface area contributed by atoms with Crippen LogP contribution in [0.25, 0.3) is 0 Å². The average molecular weight is 515 g/mol. The fourth-order valence-corrected chi connectivity index (χ4v) is 5.38. The molecule has 9 heteroatoms. The summed E-state index contributed by atoms with van der Waals surface area (Å²) in [5, 5.41) is 16.6. The number of carbonyl (C=O) groups is 2. The molecule has 2 amide bonds. The van der Waals surface area contributed by atoms with E-state index in [9.17, 15) is 14.7 Å². The highest BCUT2D eigenvalue weighted by Crippen LogP contribution is 2.47. The van der Waals surface area contributed by atoms with Crippen molar-refractivity contribution >= 4 is 29.1 Å². The summed E-state index contributed by atoms with van der Waals surface area (Å²) in [6.07, 6.45) is 0.987. The molecule has 0 radical (unpaired) electrons. The van der Waals surface area contributed by atoms with Gasteiger partial charge in [-0.25, -0.2) is 0 Å². The van der Waals surface area contributed by atoms with E-state index in [4.69, 9.17) is 25.8 Å². The summed E-state index contributed by atoms with van der Waals surface area (Å²) in [6.45, 7) is 1.42. The summed E-state index contributed by atoms with van der Waals surface area (Å²) >= 11 is 5.92. The molecule has 192 valence electrons. The maximum Gasteiger partial charge on any atom is 0.227 e. The van der Waals surface area contributed by atoms with E-state index in [1.165, 1.54) is 0 Å². The number of hydrogen-bond acceptors (Lipinski definition) is 6. The highest BCUT2D eigenvalue weighted by Gasteiger charge is 2.46. The molecule has 3 aliphatic heterocycles. The van der Waals surface area contributed by atoms with Gasteiger partial charge in [-0.2, -0.15) is 0 Å². The van der Waals surface area contributed by atoms with Gasteiger partial charge in [0.2, 0.25) is 11.8 Å². The van der Waals surface area contributed by atoms with E-state index >= 15 is 0 Å². The van der Waals surface area contributed by atoms with E-state index in [0.717, 1.165) is 35.4 Å². The van der Waals surface area contributed by atoms with Crippen molar-refractivity contribution < 1.29 is 28.9 Å². The minimum absolute atomic E-state index is 0.00385. The SMILES string of the molecule is O=C(C[C@@H]1C[C@@H]2c3cc(NC(=O)C4CCOCC4)ccc3O[C@@H]2[C@H](CO)O1)NCc1ccc(Cl)cc1. The summed E-state index contributed by atoms with van der Waals surface area (Å²) in [5.74, 6) is 0.517. The molecule has 0 aliphatic carbocycles. The Morgan fingerprint density at radius 3 is 2.61 bits per heavy atom. The van der Waals surface area contributed by atoms with E-state index in [1.807, 2.05) is 30.3 Å². The Morgan fingerprint density at radius 2 is 1.86 bits per heavy atom. The van der Waals surface area contributed by atoms with Gasteiger partial charge in [-0.3, -0.25) is 9.59 Å². The van der Waals surface area contributed by atoms with Crippen LogP contribution in [0.5, 0.6) is 5.75 Å². The van der Waals surface area contributed by atoms with Crippen LogP contribution in [0.4, 0.5) is 5.69 Å². The van der Waals surface area contributed by atoms with E-state index < -0.39 is 6.10 Å². The molecule has 0 spiro atoms. The number of amides is 2. The van der Waals surface area contributed by atoms with Crippen LogP contribution in [0.1, 0.15) is 42.7 Å². The molecule has 4 atom stereocenters. The fourth-order valence-electron chi connectivity index (χ4n) is 5.25. The molecular formula is C27H31ClN2O6. The van der Waals surface area contributed by atoms with Crippen LogP contribution >= 0.6 is 11.6 Å². The van der Waals surface area contributed by atoms with E-state index in [2.05, 4.69) is 10.6 Å². The largest absolute Gasteiger partial charge is 0.487 e. The molecule has 2 aromatic carbocycles. The minimum Gasteiger partial charge on any atom is -0.487 e. The predicted molar refractivity (Wildman–Crippen MR) is 134 cm³/mol. The van der Waals surface area contributed by atoms with Gasteiger partial charge in [0.25, 0.3) is 0 Å². The van der Waals surface area contributed by atoms with Gasteiger partial charge >= 0.3 is 0 Å². The van der Waals surface area contributed by atoms with Gasteiger partial charge in [-0.1, -0.05) is 23.7 Å². The van der Waals surface area contributed by atoms with Gasteiger partial charge in [0.1, 0.15) is 18.0 Å². The number of halogens is 1. The monoisotopic (exact) mass is 514 g/mol. The molecular weight excluding hydrogens is 484 g/mol. The fraction of sp³-hybridized carbons (Fsp3) is 0.481. The highest BCUT2D eigenvalue weighted by molar-refractivity contribution is 6.30. The smallest absolute Gasteiger partial charge is 0.227 e. The maximum atomic E-state index is 12.7. The third-order valence-corrected chi connectivity index (χ3v) is 7.43. The first kappa shape index (κ1) is 25.0. The minimum atomic E-state index is -0.537. The lowest BCUT2D eigenvalue weighted by Crippen LogP contribution is -2.47. The molecule has 2 fully saturated rings. The van der Waals surface area contributed by atoms with Crippen molar-refractivity contribution in [2.45, 2.75) is 56.5 Å². The molecule has 2 saturated heterocycles. The Hall–Kier alpha value is -2.65. The van der Waals surface area contributed by atoms with E-state index in [1.54, 1.807) is 12.1 Å². The van der Waals surface area contributed by atoms with Crippen molar-refractivity contribution in [3.05, 3.63) is 58.6 Å². The summed E-state index contributed by atoms with van der Waals surface area (Å²) in [7, 11) is 0. The van der Waals surface area contributed by atoms with Gasteiger partial charge in [-0.15, -0.1) is 0 Å². The Bertz CT molecular complexity index is 1090. The molecule has 0 saturated carbocycles.